The quantitative estimate of drug-likeness (QED) is 0.387. The molecule has 1 heterocycles. The first kappa shape index (κ1) is 26.7. The highest BCUT2D eigenvalue weighted by atomic mass is 35.5. The molecule has 1 aliphatic heterocycles. The van der Waals surface area contributed by atoms with Gasteiger partial charge in [0.15, 0.2) is 0 Å². The maximum atomic E-state index is 12.0. The van der Waals surface area contributed by atoms with E-state index in [4.69, 9.17) is 21.1 Å². The molecule has 1 saturated heterocycles. The largest absolute Gasteiger partial charge is 0.491 e. The Labute approximate surface area is 199 Å². The molecule has 2 aromatic rings. The summed E-state index contributed by atoms with van der Waals surface area (Å²) >= 11 is 6.34. The van der Waals surface area contributed by atoms with Gasteiger partial charge in [0.1, 0.15) is 49.5 Å². The van der Waals surface area contributed by atoms with E-state index in [0.717, 1.165) is 5.56 Å². The number of ether oxygens (including phenoxy) is 3. The molecule has 3 rings (SSSR count). The number of hydrogen-bond acceptors (Lipinski definition) is 7. The smallest absolute Gasteiger partial charge is 0.411 e. The minimum atomic E-state index is -4.37. The Morgan fingerprint density at radius 1 is 0.941 bits per heavy atom. The topological polar surface area (TPSA) is 109 Å². The van der Waals surface area contributed by atoms with Crippen LogP contribution < -0.4 is 4.74 Å². The lowest BCUT2D eigenvalue weighted by Gasteiger charge is -2.40. The SMILES string of the molecule is OCC1OC(c2ccc(Cl)c(Cc3ccc(OCCOCC(F)(F)F)cc3)c2)C(O)C(O)C1O. The summed E-state index contributed by atoms with van der Waals surface area (Å²) in [5.74, 6) is 0.473. The van der Waals surface area contributed by atoms with E-state index in [1.807, 2.05) is 0 Å². The van der Waals surface area contributed by atoms with Crippen molar-refractivity contribution in [1.29, 1.82) is 0 Å². The van der Waals surface area contributed by atoms with Gasteiger partial charge in [-0.05, 0) is 41.3 Å². The second kappa shape index (κ2) is 11.7. The molecule has 0 bridgehead atoms. The molecule has 1 aliphatic rings. The molecule has 0 spiro atoms. The van der Waals surface area contributed by atoms with Crippen LogP contribution in [0.5, 0.6) is 5.75 Å². The Bertz CT molecular complexity index is 924. The molecular formula is C23H26ClF3O7. The zero-order chi connectivity index (χ0) is 24.9. The molecule has 0 aromatic heterocycles. The van der Waals surface area contributed by atoms with Crippen molar-refractivity contribution in [3.05, 3.63) is 64.2 Å². The zero-order valence-corrected chi connectivity index (χ0v) is 18.7. The van der Waals surface area contributed by atoms with Crippen molar-refractivity contribution in [2.75, 3.05) is 26.4 Å². The van der Waals surface area contributed by atoms with Gasteiger partial charge < -0.3 is 34.6 Å². The van der Waals surface area contributed by atoms with Crippen LogP contribution in [0.4, 0.5) is 13.2 Å². The normalized spacial score (nSPS) is 25.4. The molecule has 5 unspecified atom stereocenters. The van der Waals surface area contributed by atoms with E-state index >= 15 is 0 Å². The summed E-state index contributed by atoms with van der Waals surface area (Å²) in [7, 11) is 0. The Balaban J connectivity index is 1.62. The highest BCUT2D eigenvalue weighted by Crippen LogP contribution is 2.34. The molecule has 7 nitrogen and oxygen atoms in total. The molecule has 11 heteroatoms. The number of aliphatic hydroxyl groups is 4. The van der Waals surface area contributed by atoms with Crippen molar-refractivity contribution in [3.8, 4) is 5.75 Å². The third-order valence-electron chi connectivity index (χ3n) is 5.37. The Morgan fingerprint density at radius 2 is 1.65 bits per heavy atom. The van der Waals surface area contributed by atoms with Gasteiger partial charge in [-0.25, -0.2) is 0 Å². The number of aliphatic hydroxyl groups excluding tert-OH is 4. The highest BCUT2D eigenvalue weighted by molar-refractivity contribution is 6.31. The second-order valence-corrected chi connectivity index (χ2v) is 8.34. The van der Waals surface area contributed by atoms with Crippen LogP contribution in [0.1, 0.15) is 22.8 Å². The molecule has 0 amide bonds. The summed E-state index contributed by atoms with van der Waals surface area (Å²) in [4.78, 5) is 0. The predicted molar refractivity (Wildman–Crippen MR) is 116 cm³/mol. The maximum Gasteiger partial charge on any atom is 0.411 e. The summed E-state index contributed by atoms with van der Waals surface area (Å²) in [5, 5.41) is 40.3. The maximum absolute atomic E-state index is 12.0. The highest BCUT2D eigenvalue weighted by Gasteiger charge is 2.44. The van der Waals surface area contributed by atoms with Crippen molar-refractivity contribution < 1.29 is 47.8 Å². The predicted octanol–water partition coefficient (Wildman–Crippen LogP) is 2.40. The van der Waals surface area contributed by atoms with Crippen molar-refractivity contribution in [2.45, 2.75) is 43.1 Å². The van der Waals surface area contributed by atoms with Gasteiger partial charge in [-0.15, -0.1) is 0 Å². The Morgan fingerprint density at radius 3 is 2.29 bits per heavy atom. The van der Waals surface area contributed by atoms with Gasteiger partial charge in [0.05, 0.1) is 13.2 Å². The van der Waals surface area contributed by atoms with E-state index in [0.29, 0.717) is 28.3 Å². The average molecular weight is 507 g/mol. The lowest BCUT2D eigenvalue weighted by Crippen LogP contribution is -2.55. The number of hydrogen-bond donors (Lipinski definition) is 4. The molecule has 5 atom stereocenters. The van der Waals surface area contributed by atoms with Crippen LogP contribution in [-0.4, -0.2) is 77.4 Å². The third kappa shape index (κ3) is 7.05. The zero-order valence-electron chi connectivity index (χ0n) is 18.0. The second-order valence-electron chi connectivity index (χ2n) is 7.94. The van der Waals surface area contributed by atoms with Crippen LogP contribution in [0.2, 0.25) is 5.02 Å². The first-order chi connectivity index (χ1) is 16.1. The summed E-state index contributed by atoms with van der Waals surface area (Å²) in [5.41, 5.74) is 2.11. The van der Waals surface area contributed by atoms with Gasteiger partial charge in [-0.1, -0.05) is 35.9 Å². The Kier molecular flexibility index (Phi) is 9.16. The fraction of sp³-hybridized carbons (Fsp3) is 0.478. The van der Waals surface area contributed by atoms with E-state index in [-0.39, 0.29) is 13.2 Å². The summed E-state index contributed by atoms with van der Waals surface area (Å²) in [6, 6.07) is 11.9. The minimum absolute atomic E-state index is 0.0254. The van der Waals surface area contributed by atoms with E-state index in [2.05, 4.69) is 4.74 Å². The minimum Gasteiger partial charge on any atom is -0.491 e. The van der Waals surface area contributed by atoms with Gasteiger partial charge in [0, 0.05) is 5.02 Å². The van der Waals surface area contributed by atoms with Crippen LogP contribution in [0.15, 0.2) is 42.5 Å². The number of halogens is 4. The van der Waals surface area contributed by atoms with E-state index in [1.54, 1.807) is 42.5 Å². The van der Waals surface area contributed by atoms with Gasteiger partial charge in [-0.2, -0.15) is 13.2 Å². The van der Waals surface area contributed by atoms with Crippen molar-refractivity contribution in [3.63, 3.8) is 0 Å². The van der Waals surface area contributed by atoms with E-state index in [1.165, 1.54) is 0 Å². The number of rotatable bonds is 9. The summed E-state index contributed by atoms with van der Waals surface area (Å²) in [6.45, 7) is -2.06. The fourth-order valence-electron chi connectivity index (χ4n) is 3.61. The van der Waals surface area contributed by atoms with Crippen molar-refractivity contribution in [1.82, 2.24) is 0 Å². The summed E-state index contributed by atoms with van der Waals surface area (Å²) in [6.07, 6.45) is -10.3. The molecule has 1 fully saturated rings. The fourth-order valence-corrected chi connectivity index (χ4v) is 3.80. The van der Waals surface area contributed by atoms with Crippen LogP contribution in [0.25, 0.3) is 0 Å². The van der Waals surface area contributed by atoms with Crippen molar-refractivity contribution in [2.24, 2.45) is 0 Å². The third-order valence-corrected chi connectivity index (χ3v) is 5.74. The van der Waals surface area contributed by atoms with Gasteiger partial charge in [-0.3, -0.25) is 0 Å². The number of alkyl halides is 3. The Hall–Kier alpha value is -1.92. The molecule has 2 aromatic carbocycles. The van der Waals surface area contributed by atoms with Gasteiger partial charge >= 0.3 is 6.18 Å². The standard InChI is InChI=1S/C23H26ClF3O7/c24-17-6-3-14(22-21(31)20(30)19(29)18(11-28)34-22)10-15(17)9-13-1-4-16(5-2-13)33-8-7-32-12-23(25,26)27/h1-6,10,18-22,28-31H,7-9,11-12H2. The molecule has 4 N–H and O–H groups in total. The monoisotopic (exact) mass is 506 g/mol. The van der Waals surface area contributed by atoms with Gasteiger partial charge in [0.25, 0.3) is 0 Å². The van der Waals surface area contributed by atoms with Crippen molar-refractivity contribution >= 4 is 11.6 Å². The molecule has 0 saturated carbocycles. The average Bonchev–Trinajstić information content (AvgIpc) is 2.79. The lowest BCUT2D eigenvalue weighted by molar-refractivity contribution is -0.231. The molecule has 0 aliphatic carbocycles. The van der Waals surface area contributed by atoms with E-state index < -0.39 is 49.9 Å². The molecular weight excluding hydrogens is 481 g/mol. The molecule has 188 valence electrons. The van der Waals surface area contributed by atoms with Crippen LogP contribution in [-0.2, 0) is 15.9 Å². The molecule has 34 heavy (non-hydrogen) atoms. The first-order valence-corrected chi connectivity index (χ1v) is 10.9. The van der Waals surface area contributed by atoms with Crippen LogP contribution >= 0.6 is 11.6 Å². The van der Waals surface area contributed by atoms with Crippen LogP contribution in [0.3, 0.4) is 0 Å². The summed E-state index contributed by atoms with van der Waals surface area (Å²) < 4.78 is 51.6. The first-order valence-electron chi connectivity index (χ1n) is 10.5. The molecule has 0 radical (unpaired) electrons. The van der Waals surface area contributed by atoms with Gasteiger partial charge in [0.2, 0.25) is 0 Å². The number of benzene rings is 2. The van der Waals surface area contributed by atoms with E-state index in [9.17, 15) is 33.6 Å². The lowest BCUT2D eigenvalue weighted by atomic mass is 9.90. The van der Waals surface area contributed by atoms with Crippen LogP contribution in [0, 0.1) is 0 Å².